The van der Waals surface area contributed by atoms with Crippen LogP contribution in [0, 0.1) is 0 Å². The molecule has 0 amide bonds. The zero-order valence-corrected chi connectivity index (χ0v) is 35.3. The lowest BCUT2D eigenvalue weighted by Gasteiger charge is -2.25. The highest BCUT2D eigenvalue weighted by Crippen LogP contribution is 2.39. The Morgan fingerprint density at radius 2 is 0.422 bits per heavy atom. The number of hydrogen-bond donors (Lipinski definition) is 0. The molecule has 0 fully saturated rings. The van der Waals surface area contributed by atoms with Gasteiger partial charge in [-0.2, -0.15) is 0 Å². The maximum atomic E-state index is 2.33. The van der Waals surface area contributed by atoms with Crippen molar-refractivity contribution in [2.75, 3.05) is 9.80 Å². The van der Waals surface area contributed by atoms with Crippen LogP contribution in [0.1, 0.15) is 0 Å². The zero-order valence-electron chi connectivity index (χ0n) is 35.3. The number of para-hydroxylation sites is 4. The molecule has 11 aromatic rings. The topological polar surface area (TPSA) is 6.48 Å². The lowest BCUT2D eigenvalue weighted by molar-refractivity contribution is 1.28. The molecule has 0 aromatic heterocycles. The second-order valence-corrected chi connectivity index (χ2v) is 16.2. The molecule has 11 aromatic carbocycles. The first-order valence-electron chi connectivity index (χ1n) is 21.9. The molecular weight excluding hydrogens is 773 g/mol. The van der Waals surface area contributed by atoms with Crippen LogP contribution in [0.5, 0.6) is 0 Å². The van der Waals surface area contributed by atoms with Crippen LogP contribution in [0.4, 0.5) is 34.1 Å². The van der Waals surface area contributed by atoms with Crippen molar-refractivity contribution in [1.29, 1.82) is 0 Å². The van der Waals surface area contributed by atoms with Crippen LogP contribution in [0.3, 0.4) is 0 Å². The second-order valence-electron chi connectivity index (χ2n) is 16.2. The fourth-order valence-corrected chi connectivity index (χ4v) is 8.92. The predicted molar refractivity (Wildman–Crippen MR) is 273 cm³/mol. The second kappa shape index (κ2) is 17.1. The van der Waals surface area contributed by atoms with Crippen LogP contribution in [-0.2, 0) is 0 Å². The Labute approximate surface area is 375 Å². The maximum Gasteiger partial charge on any atom is 0.0462 e. The molecule has 64 heavy (non-hydrogen) atoms. The molecule has 0 atom stereocenters. The van der Waals surface area contributed by atoms with E-state index in [1.54, 1.807) is 0 Å². The average molecular weight is 817 g/mol. The molecule has 0 saturated heterocycles. The van der Waals surface area contributed by atoms with Crippen molar-refractivity contribution < 1.29 is 0 Å². The molecule has 2 heteroatoms. The van der Waals surface area contributed by atoms with E-state index in [1.165, 1.54) is 66.1 Å². The maximum absolute atomic E-state index is 2.33. The molecule has 302 valence electrons. The smallest absolute Gasteiger partial charge is 0.0462 e. The quantitative estimate of drug-likeness (QED) is 0.127. The minimum atomic E-state index is 1.12. The lowest BCUT2D eigenvalue weighted by atomic mass is 9.94. The standard InChI is InChI=1S/C62H44N2/c1-5-19-57(20-6-1)63(58-21-7-2-8-22-58)61-35-31-45(32-36-61)47-15-13-17-49(39-47)51-27-29-53-44-56-42-52(28-30-54(56)43-55(53)41-51)50-18-14-16-48(40-50)46-33-37-62(38-34-46)64(59-23-9-3-10-24-59)60-25-11-4-12-26-60/h1-44H. The number of fused-ring (bicyclic) bond motifs is 2. The molecule has 0 aliphatic carbocycles. The van der Waals surface area contributed by atoms with Gasteiger partial charge in [0.05, 0.1) is 0 Å². The van der Waals surface area contributed by atoms with Gasteiger partial charge in [-0.05, 0) is 175 Å². The first kappa shape index (κ1) is 38.5. The van der Waals surface area contributed by atoms with E-state index in [4.69, 9.17) is 0 Å². The van der Waals surface area contributed by atoms with Gasteiger partial charge in [0.25, 0.3) is 0 Å². The summed E-state index contributed by atoms with van der Waals surface area (Å²) in [5.41, 5.74) is 16.4. The predicted octanol–water partition coefficient (Wildman–Crippen LogP) is 17.6. The summed E-state index contributed by atoms with van der Waals surface area (Å²) in [5, 5.41) is 4.93. The van der Waals surface area contributed by atoms with Gasteiger partial charge in [-0.3, -0.25) is 0 Å². The Bertz CT molecular complexity index is 3040. The van der Waals surface area contributed by atoms with E-state index < -0.39 is 0 Å². The van der Waals surface area contributed by atoms with Gasteiger partial charge < -0.3 is 9.80 Å². The van der Waals surface area contributed by atoms with E-state index >= 15 is 0 Å². The molecule has 0 N–H and O–H groups in total. The normalized spacial score (nSPS) is 11.1. The van der Waals surface area contributed by atoms with Gasteiger partial charge in [-0.15, -0.1) is 0 Å². The fraction of sp³-hybridized carbons (Fsp3) is 0. The van der Waals surface area contributed by atoms with E-state index in [9.17, 15) is 0 Å². The van der Waals surface area contributed by atoms with E-state index in [0.717, 1.165) is 34.1 Å². The van der Waals surface area contributed by atoms with Crippen LogP contribution in [0.15, 0.2) is 267 Å². The third-order valence-corrected chi connectivity index (χ3v) is 12.2. The van der Waals surface area contributed by atoms with Gasteiger partial charge in [0.15, 0.2) is 0 Å². The summed E-state index contributed by atoms with van der Waals surface area (Å²) in [5.74, 6) is 0. The minimum Gasteiger partial charge on any atom is -0.311 e. The highest BCUT2D eigenvalue weighted by atomic mass is 15.1. The SMILES string of the molecule is c1ccc(N(c2ccccc2)c2ccc(-c3cccc(-c4ccc5cc6cc(-c7cccc(-c8ccc(N(c9ccccc9)c9ccccc9)cc8)c7)ccc6cc5c4)c3)cc2)cc1. The van der Waals surface area contributed by atoms with Gasteiger partial charge in [-0.1, -0.05) is 158 Å². The van der Waals surface area contributed by atoms with Crippen LogP contribution < -0.4 is 9.80 Å². The van der Waals surface area contributed by atoms with Crippen LogP contribution in [-0.4, -0.2) is 0 Å². The molecule has 0 unspecified atom stereocenters. The van der Waals surface area contributed by atoms with Gasteiger partial charge in [0, 0.05) is 34.1 Å². The molecular formula is C62H44N2. The number of rotatable bonds is 10. The molecule has 0 bridgehead atoms. The van der Waals surface area contributed by atoms with Gasteiger partial charge in [0.2, 0.25) is 0 Å². The number of benzene rings is 11. The minimum absolute atomic E-state index is 1.12. The Morgan fingerprint density at radius 1 is 0.156 bits per heavy atom. The summed E-state index contributed by atoms with van der Waals surface area (Å²) < 4.78 is 0. The third-order valence-electron chi connectivity index (χ3n) is 12.2. The Morgan fingerprint density at radius 3 is 0.750 bits per heavy atom. The summed E-state index contributed by atoms with van der Waals surface area (Å²) in [6.07, 6.45) is 0. The summed E-state index contributed by atoms with van der Waals surface area (Å²) in [6.45, 7) is 0. The van der Waals surface area contributed by atoms with E-state index in [0.29, 0.717) is 0 Å². The van der Waals surface area contributed by atoms with E-state index in [1.807, 2.05) is 0 Å². The molecule has 0 spiro atoms. The molecule has 0 aliphatic rings. The van der Waals surface area contributed by atoms with Crippen molar-refractivity contribution in [3.8, 4) is 44.5 Å². The fourth-order valence-electron chi connectivity index (χ4n) is 8.92. The summed E-state index contributed by atoms with van der Waals surface area (Å²) in [6, 6.07) is 96.1. The Kier molecular flexibility index (Phi) is 10.3. The van der Waals surface area contributed by atoms with Crippen molar-refractivity contribution in [2.24, 2.45) is 0 Å². The van der Waals surface area contributed by atoms with Crippen molar-refractivity contribution in [3.05, 3.63) is 267 Å². The zero-order chi connectivity index (χ0) is 42.7. The molecule has 0 aliphatic heterocycles. The van der Waals surface area contributed by atoms with Crippen molar-refractivity contribution in [3.63, 3.8) is 0 Å². The van der Waals surface area contributed by atoms with Crippen molar-refractivity contribution in [2.45, 2.75) is 0 Å². The van der Waals surface area contributed by atoms with Gasteiger partial charge in [-0.25, -0.2) is 0 Å². The Hall–Kier alpha value is -8.46. The highest BCUT2D eigenvalue weighted by Gasteiger charge is 2.14. The summed E-state index contributed by atoms with van der Waals surface area (Å²) in [4.78, 5) is 4.59. The van der Waals surface area contributed by atoms with Crippen molar-refractivity contribution >= 4 is 55.7 Å². The van der Waals surface area contributed by atoms with Gasteiger partial charge in [0.1, 0.15) is 0 Å². The Balaban J connectivity index is 0.840. The molecule has 11 rings (SSSR count). The molecule has 0 radical (unpaired) electrons. The third kappa shape index (κ3) is 7.81. The van der Waals surface area contributed by atoms with Crippen LogP contribution >= 0.6 is 0 Å². The molecule has 2 nitrogen and oxygen atoms in total. The van der Waals surface area contributed by atoms with Gasteiger partial charge >= 0.3 is 0 Å². The van der Waals surface area contributed by atoms with Crippen LogP contribution in [0.25, 0.3) is 66.1 Å². The first-order valence-corrected chi connectivity index (χ1v) is 21.9. The summed E-state index contributed by atoms with van der Waals surface area (Å²) >= 11 is 0. The van der Waals surface area contributed by atoms with Crippen LogP contribution in [0.2, 0.25) is 0 Å². The molecule has 0 saturated carbocycles. The lowest BCUT2D eigenvalue weighted by Crippen LogP contribution is -2.09. The van der Waals surface area contributed by atoms with E-state index in [-0.39, 0.29) is 0 Å². The monoisotopic (exact) mass is 816 g/mol. The number of nitrogens with zero attached hydrogens (tertiary/aromatic N) is 2. The highest BCUT2D eigenvalue weighted by molar-refractivity contribution is 6.01. The number of anilines is 6. The number of hydrogen-bond acceptors (Lipinski definition) is 2. The largest absolute Gasteiger partial charge is 0.311 e. The summed E-state index contributed by atoms with van der Waals surface area (Å²) in [7, 11) is 0. The van der Waals surface area contributed by atoms with E-state index in [2.05, 4.69) is 277 Å². The first-order chi connectivity index (χ1) is 31.7. The average Bonchev–Trinajstić information content (AvgIpc) is 3.37. The van der Waals surface area contributed by atoms with Crippen molar-refractivity contribution in [1.82, 2.24) is 0 Å². The molecule has 0 heterocycles.